The van der Waals surface area contributed by atoms with Crippen LogP contribution in [0.25, 0.3) is 17.2 Å². The molecule has 41 heavy (non-hydrogen) atoms. The van der Waals surface area contributed by atoms with Crippen LogP contribution in [0.4, 0.5) is 4.79 Å². The van der Waals surface area contributed by atoms with E-state index >= 15 is 0 Å². The minimum atomic E-state index is -4.08. The number of carbonyl (C=O) groups is 2. The van der Waals surface area contributed by atoms with Gasteiger partial charge in [-0.05, 0) is 74.1 Å². The number of ether oxygens (including phenoxy) is 2. The number of hydrogen-bond donors (Lipinski definition) is 2. The molecule has 218 valence electrons. The van der Waals surface area contributed by atoms with Crippen molar-refractivity contribution in [3.8, 4) is 11.1 Å². The first kappa shape index (κ1) is 30.0. The van der Waals surface area contributed by atoms with Crippen LogP contribution in [0.5, 0.6) is 0 Å². The van der Waals surface area contributed by atoms with Crippen LogP contribution in [-0.4, -0.2) is 42.9 Å². The fraction of sp³-hybridized carbons (Fsp3) is 0.333. The predicted octanol–water partition coefficient (Wildman–Crippen LogP) is 5.00. The molecule has 1 saturated heterocycles. The van der Waals surface area contributed by atoms with Gasteiger partial charge in [0.25, 0.3) is 15.9 Å². The Morgan fingerprint density at radius 3 is 2.56 bits per heavy atom. The van der Waals surface area contributed by atoms with Crippen molar-refractivity contribution in [1.29, 1.82) is 0 Å². The molecule has 2 N–H and O–H groups in total. The number of rotatable bonds is 9. The second-order valence-corrected chi connectivity index (χ2v) is 12.3. The third-order valence-electron chi connectivity index (χ3n) is 6.10. The van der Waals surface area contributed by atoms with E-state index in [1.54, 1.807) is 39.0 Å². The SMILES string of the molecule is CC(C)(C)OC(=O)NCc1ccc(-c2ccccc2)cc1S(=O)(=O)n1ccc(C=CC(=O)NOC2CCCCO2)c1. The zero-order chi connectivity index (χ0) is 29.5. The van der Waals surface area contributed by atoms with Crippen LogP contribution in [0.2, 0.25) is 0 Å². The lowest BCUT2D eigenvalue weighted by Crippen LogP contribution is -2.32. The molecule has 1 unspecified atom stereocenters. The molecule has 0 saturated carbocycles. The Morgan fingerprint density at radius 1 is 1.07 bits per heavy atom. The maximum absolute atomic E-state index is 13.8. The summed E-state index contributed by atoms with van der Waals surface area (Å²) >= 11 is 0. The van der Waals surface area contributed by atoms with E-state index in [2.05, 4.69) is 10.8 Å². The molecule has 2 heterocycles. The highest BCUT2D eigenvalue weighted by Crippen LogP contribution is 2.27. The highest BCUT2D eigenvalue weighted by atomic mass is 32.2. The van der Waals surface area contributed by atoms with Crippen molar-refractivity contribution >= 4 is 28.1 Å². The fourth-order valence-corrected chi connectivity index (χ4v) is 5.58. The van der Waals surface area contributed by atoms with Crippen molar-refractivity contribution in [2.75, 3.05) is 6.61 Å². The van der Waals surface area contributed by atoms with E-state index in [9.17, 15) is 18.0 Å². The first-order valence-electron chi connectivity index (χ1n) is 13.4. The monoisotopic (exact) mass is 581 g/mol. The van der Waals surface area contributed by atoms with Crippen molar-refractivity contribution in [1.82, 2.24) is 14.8 Å². The van der Waals surface area contributed by atoms with Crippen LogP contribution in [0.15, 0.2) is 78.0 Å². The van der Waals surface area contributed by atoms with Crippen molar-refractivity contribution < 1.29 is 32.3 Å². The molecule has 0 aliphatic carbocycles. The first-order chi connectivity index (χ1) is 19.5. The van der Waals surface area contributed by atoms with Gasteiger partial charge in [-0.1, -0.05) is 42.5 Å². The van der Waals surface area contributed by atoms with Gasteiger partial charge >= 0.3 is 6.09 Å². The quantitative estimate of drug-likeness (QED) is 0.269. The van der Waals surface area contributed by atoms with E-state index in [0.29, 0.717) is 29.7 Å². The van der Waals surface area contributed by atoms with Gasteiger partial charge in [0.15, 0.2) is 6.29 Å². The zero-order valence-electron chi connectivity index (χ0n) is 23.3. The lowest BCUT2D eigenvalue weighted by Gasteiger charge is -2.21. The van der Waals surface area contributed by atoms with E-state index in [1.165, 1.54) is 24.5 Å². The summed E-state index contributed by atoms with van der Waals surface area (Å²) in [6.07, 6.45) is 7.04. The van der Waals surface area contributed by atoms with Crippen LogP contribution in [-0.2, 0) is 35.7 Å². The summed E-state index contributed by atoms with van der Waals surface area (Å²) in [5, 5.41) is 2.64. The van der Waals surface area contributed by atoms with E-state index in [4.69, 9.17) is 14.3 Å². The molecule has 10 nitrogen and oxygen atoms in total. The molecular formula is C30H35N3O7S. The lowest BCUT2D eigenvalue weighted by molar-refractivity contribution is -0.198. The predicted molar refractivity (Wildman–Crippen MR) is 154 cm³/mol. The number of hydroxylamine groups is 1. The molecule has 1 aromatic heterocycles. The summed E-state index contributed by atoms with van der Waals surface area (Å²) in [4.78, 5) is 29.7. The molecule has 0 spiro atoms. The van der Waals surface area contributed by atoms with Gasteiger partial charge in [0.05, 0.1) is 4.90 Å². The Balaban J connectivity index is 1.54. The number of carbonyl (C=O) groups excluding carboxylic acids is 2. The average molecular weight is 582 g/mol. The third kappa shape index (κ3) is 8.53. The second-order valence-electron chi connectivity index (χ2n) is 10.5. The number of aromatic nitrogens is 1. The second kappa shape index (κ2) is 13.2. The topological polar surface area (TPSA) is 125 Å². The summed E-state index contributed by atoms with van der Waals surface area (Å²) in [7, 11) is -4.08. The fourth-order valence-electron chi connectivity index (χ4n) is 4.12. The molecule has 0 bridgehead atoms. The Hall–Kier alpha value is -3.93. The molecule has 1 atom stereocenters. The number of benzene rings is 2. The highest BCUT2D eigenvalue weighted by Gasteiger charge is 2.23. The molecule has 3 aromatic rings. The molecule has 2 aromatic carbocycles. The number of nitrogens with one attached hydrogen (secondary N) is 2. The van der Waals surface area contributed by atoms with Gasteiger partial charge in [-0.25, -0.2) is 27.5 Å². The summed E-state index contributed by atoms with van der Waals surface area (Å²) < 4.78 is 39.4. The first-order valence-corrected chi connectivity index (χ1v) is 14.8. The number of amides is 2. The molecule has 11 heteroatoms. The maximum atomic E-state index is 13.8. The molecular weight excluding hydrogens is 546 g/mol. The third-order valence-corrected chi connectivity index (χ3v) is 7.82. The molecule has 2 amide bonds. The van der Waals surface area contributed by atoms with Crippen LogP contribution in [0.3, 0.4) is 0 Å². The highest BCUT2D eigenvalue weighted by molar-refractivity contribution is 7.90. The van der Waals surface area contributed by atoms with Crippen molar-refractivity contribution in [2.45, 2.75) is 63.4 Å². The van der Waals surface area contributed by atoms with Gasteiger partial charge in [-0.2, -0.15) is 0 Å². The summed E-state index contributed by atoms with van der Waals surface area (Å²) in [5.41, 5.74) is 4.07. The lowest BCUT2D eigenvalue weighted by atomic mass is 10.0. The van der Waals surface area contributed by atoms with Gasteiger partial charge < -0.3 is 14.8 Å². The Morgan fingerprint density at radius 2 is 1.85 bits per heavy atom. The molecule has 0 radical (unpaired) electrons. The van der Waals surface area contributed by atoms with Crippen molar-refractivity contribution in [3.63, 3.8) is 0 Å². The van der Waals surface area contributed by atoms with Gasteiger partial charge in [0.1, 0.15) is 5.60 Å². The van der Waals surface area contributed by atoms with Gasteiger partial charge in [-0.15, -0.1) is 0 Å². The summed E-state index contributed by atoms with van der Waals surface area (Å²) in [5.74, 6) is -0.499. The van der Waals surface area contributed by atoms with Crippen LogP contribution in [0.1, 0.15) is 51.2 Å². The number of alkyl carbamates (subject to hydrolysis) is 1. The summed E-state index contributed by atoms with van der Waals surface area (Å²) in [6.45, 7) is 5.77. The standard InChI is InChI=1S/C30H35N3O7S/c1-30(2,3)39-29(35)31-20-25-14-13-24(23-9-5-4-6-10-23)19-26(25)41(36,37)33-17-16-22(21-33)12-15-27(34)32-40-28-11-7-8-18-38-28/h4-6,9-10,12-17,19,21,28H,7-8,11,18,20H2,1-3H3,(H,31,35)(H,32,34). The zero-order valence-corrected chi connectivity index (χ0v) is 24.1. The largest absolute Gasteiger partial charge is 0.444 e. The van der Waals surface area contributed by atoms with Gasteiger partial charge in [0.2, 0.25) is 0 Å². The number of hydrogen-bond acceptors (Lipinski definition) is 7. The van der Waals surface area contributed by atoms with E-state index in [1.807, 2.05) is 36.4 Å². The van der Waals surface area contributed by atoms with Crippen LogP contribution in [0, 0.1) is 0 Å². The van der Waals surface area contributed by atoms with Gasteiger partial charge in [0, 0.05) is 38.0 Å². The van der Waals surface area contributed by atoms with E-state index < -0.39 is 33.9 Å². The summed E-state index contributed by atoms with van der Waals surface area (Å²) in [6, 6.07) is 16.0. The van der Waals surface area contributed by atoms with E-state index in [0.717, 1.165) is 22.4 Å². The normalized spacial score (nSPS) is 15.9. The number of nitrogens with zero attached hydrogens (tertiary/aromatic N) is 1. The maximum Gasteiger partial charge on any atom is 0.407 e. The average Bonchev–Trinajstić information content (AvgIpc) is 3.44. The molecule has 1 aliphatic heterocycles. The van der Waals surface area contributed by atoms with Crippen molar-refractivity contribution in [2.24, 2.45) is 0 Å². The Labute approximate surface area is 240 Å². The Bertz CT molecular complexity index is 1490. The minimum Gasteiger partial charge on any atom is -0.444 e. The molecule has 4 rings (SSSR count). The van der Waals surface area contributed by atoms with Crippen LogP contribution >= 0.6 is 0 Å². The van der Waals surface area contributed by atoms with Crippen LogP contribution < -0.4 is 10.8 Å². The molecule has 1 aliphatic rings. The minimum absolute atomic E-state index is 0.0275. The Kier molecular flexibility index (Phi) is 9.64. The van der Waals surface area contributed by atoms with Gasteiger partial charge in [-0.3, -0.25) is 4.79 Å². The molecule has 1 fully saturated rings. The smallest absolute Gasteiger partial charge is 0.407 e. The van der Waals surface area contributed by atoms with Crippen molar-refractivity contribution in [3.05, 3.63) is 84.2 Å². The van der Waals surface area contributed by atoms with E-state index in [-0.39, 0.29) is 11.4 Å².